The van der Waals surface area contributed by atoms with E-state index in [2.05, 4.69) is 53.2 Å². The van der Waals surface area contributed by atoms with Crippen molar-refractivity contribution in [1.29, 1.82) is 0 Å². The summed E-state index contributed by atoms with van der Waals surface area (Å²) in [6.45, 7) is 7.95. The summed E-state index contributed by atoms with van der Waals surface area (Å²) in [6.07, 6.45) is 0. The van der Waals surface area contributed by atoms with Gasteiger partial charge in [0.15, 0.2) is 0 Å². The van der Waals surface area contributed by atoms with Crippen LogP contribution in [0.2, 0.25) is 0 Å². The third-order valence-corrected chi connectivity index (χ3v) is 3.23. The fourth-order valence-corrected chi connectivity index (χ4v) is 2.02. The van der Waals surface area contributed by atoms with Crippen molar-refractivity contribution in [3.63, 3.8) is 0 Å². The number of hydrogen-bond acceptors (Lipinski definition) is 2. The molecule has 14 heavy (non-hydrogen) atoms. The van der Waals surface area contributed by atoms with Gasteiger partial charge in [0, 0.05) is 10.0 Å². The molecule has 0 saturated heterocycles. The third-order valence-electron chi connectivity index (χ3n) is 1.94. The Hall–Kier alpha value is -0.250. The van der Waals surface area contributed by atoms with Crippen LogP contribution in [-0.2, 0) is 5.54 Å². The Morgan fingerprint density at radius 1 is 1.50 bits per heavy atom. The van der Waals surface area contributed by atoms with Crippen LogP contribution in [0.25, 0.3) is 0 Å². The van der Waals surface area contributed by atoms with Crippen molar-refractivity contribution in [3.05, 3.63) is 46.3 Å². The molecule has 3 heteroatoms. The molecule has 1 aromatic carbocycles. The molecule has 1 N–H and O–H groups in total. The molecule has 0 unspecified atom stereocenters. The predicted molar refractivity (Wildman–Crippen MR) is 68.1 cm³/mol. The van der Waals surface area contributed by atoms with Gasteiger partial charge in [-0.3, -0.25) is 4.72 Å². The van der Waals surface area contributed by atoms with Crippen LogP contribution < -0.4 is 4.72 Å². The van der Waals surface area contributed by atoms with Crippen molar-refractivity contribution in [1.82, 2.24) is 4.72 Å². The molecule has 0 aliphatic rings. The first-order valence-electron chi connectivity index (χ1n) is 4.36. The predicted octanol–water partition coefficient (Wildman–Crippen LogP) is 4.07. The number of benzene rings is 1. The van der Waals surface area contributed by atoms with Crippen LogP contribution in [0, 0.1) is 0 Å². The minimum Gasteiger partial charge on any atom is -0.250 e. The third kappa shape index (κ3) is 3.15. The molecule has 1 nitrogen and oxygen atoms in total. The lowest BCUT2D eigenvalue weighted by Crippen LogP contribution is -2.30. The molecule has 0 aromatic heterocycles. The van der Waals surface area contributed by atoms with Gasteiger partial charge in [-0.15, -0.1) is 0 Å². The van der Waals surface area contributed by atoms with Crippen LogP contribution in [0.1, 0.15) is 19.4 Å². The second kappa shape index (κ2) is 5.01. The normalized spacial score (nSPS) is 11.4. The average Bonchev–Trinajstić information content (AvgIpc) is 2.15. The Morgan fingerprint density at radius 3 is 2.79 bits per heavy atom. The second-order valence-corrected chi connectivity index (χ2v) is 5.21. The Labute approximate surface area is 98.2 Å². The van der Waals surface area contributed by atoms with Gasteiger partial charge in [-0.05, 0) is 37.0 Å². The molecule has 0 heterocycles. The van der Waals surface area contributed by atoms with E-state index in [1.807, 2.05) is 12.1 Å². The van der Waals surface area contributed by atoms with Gasteiger partial charge in [-0.2, -0.15) is 0 Å². The van der Waals surface area contributed by atoms with Gasteiger partial charge >= 0.3 is 0 Å². The van der Waals surface area contributed by atoms with Crippen LogP contribution in [0.15, 0.2) is 40.7 Å². The molecule has 0 amide bonds. The standard InChI is InChI=1S/C11H14BrNS/c1-4-14-13-11(2,3)9-6-5-7-10(12)8-9/h4-8,13H,1H2,2-3H3. The van der Waals surface area contributed by atoms with Gasteiger partial charge in [0.1, 0.15) is 0 Å². The van der Waals surface area contributed by atoms with E-state index in [9.17, 15) is 0 Å². The molecule has 0 fully saturated rings. The van der Waals surface area contributed by atoms with Crippen molar-refractivity contribution in [3.8, 4) is 0 Å². The van der Waals surface area contributed by atoms with E-state index >= 15 is 0 Å². The van der Waals surface area contributed by atoms with Crippen LogP contribution in [-0.4, -0.2) is 0 Å². The van der Waals surface area contributed by atoms with E-state index < -0.39 is 0 Å². The molecule has 0 radical (unpaired) electrons. The van der Waals surface area contributed by atoms with Crippen LogP contribution in [0.4, 0.5) is 0 Å². The summed E-state index contributed by atoms with van der Waals surface area (Å²) in [4.78, 5) is 0. The fraction of sp³-hybridized carbons (Fsp3) is 0.273. The topological polar surface area (TPSA) is 12.0 Å². The quantitative estimate of drug-likeness (QED) is 0.829. The maximum absolute atomic E-state index is 3.67. The highest BCUT2D eigenvalue weighted by Gasteiger charge is 2.19. The Morgan fingerprint density at radius 2 is 2.21 bits per heavy atom. The summed E-state index contributed by atoms with van der Waals surface area (Å²) in [5.41, 5.74) is 1.20. The molecule has 0 saturated carbocycles. The van der Waals surface area contributed by atoms with Gasteiger partial charge in [-0.1, -0.05) is 46.6 Å². The summed E-state index contributed by atoms with van der Waals surface area (Å²) in [5, 5.41) is 1.79. The van der Waals surface area contributed by atoms with Gasteiger partial charge in [0.05, 0.1) is 0 Å². The van der Waals surface area contributed by atoms with Gasteiger partial charge < -0.3 is 0 Å². The van der Waals surface area contributed by atoms with E-state index in [1.54, 1.807) is 5.41 Å². The smallest absolute Gasteiger partial charge is 0.0478 e. The van der Waals surface area contributed by atoms with Gasteiger partial charge in [0.25, 0.3) is 0 Å². The van der Waals surface area contributed by atoms with E-state index in [0.29, 0.717) is 0 Å². The maximum Gasteiger partial charge on any atom is 0.0478 e. The molecule has 0 aliphatic heterocycles. The summed E-state index contributed by atoms with van der Waals surface area (Å²) < 4.78 is 4.44. The van der Waals surface area contributed by atoms with Crippen molar-refractivity contribution in [2.24, 2.45) is 0 Å². The zero-order valence-electron chi connectivity index (χ0n) is 8.38. The lowest BCUT2D eigenvalue weighted by atomic mass is 9.96. The lowest BCUT2D eigenvalue weighted by molar-refractivity contribution is 0.510. The van der Waals surface area contributed by atoms with E-state index in [4.69, 9.17) is 0 Å². The molecule has 0 aliphatic carbocycles. The summed E-state index contributed by atoms with van der Waals surface area (Å²) in [7, 11) is 0. The van der Waals surface area contributed by atoms with Crippen molar-refractivity contribution in [2.45, 2.75) is 19.4 Å². The number of nitrogens with one attached hydrogen (secondary N) is 1. The Kier molecular flexibility index (Phi) is 4.23. The highest BCUT2D eigenvalue weighted by molar-refractivity contribution is 9.10. The first-order chi connectivity index (χ1) is 6.56. The van der Waals surface area contributed by atoms with E-state index in [0.717, 1.165) is 4.47 Å². The Bertz CT molecular complexity index is 323. The highest BCUT2D eigenvalue weighted by atomic mass is 79.9. The van der Waals surface area contributed by atoms with E-state index in [-0.39, 0.29) is 5.54 Å². The molecule has 76 valence electrons. The second-order valence-electron chi connectivity index (χ2n) is 3.52. The first kappa shape index (κ1) is 11.8. The molecular formula is C11H14BrNS. The maximum atomic E-state index is 3.67. The molecule has 0 spiro atoms. The largest absolute Gasteiger partial charge is 0.250 e. The lowest BCUT2D eigenvalue weighted by Gasteiger charge is -2.25. The zero-order valence-corrected chi connectivity index (χ0v) is 10.8. The molecule has 1 rings (SSSR count). The van der Waals surface area contributed by atoms with Crippen molar-refractivity contribution >= 4 is 27.9 Å². The summed E-state index contributed by atoms with van der Waals surface area (Å²) >= 11 is 4.98. The highest BCUT2D eigenvalue weighted by Crippen LogP contribution is 2.25. The van der Waals surface area contributed by atoms with Crippen molar-refractivity contribution in [2.75, 3.05) is 0 Å². The Balaban J connectivity index is 2.85. The van der Waals surface area contributed by atoms with Crippen LogP contribution in [0.3, 0.4) is 0 Å². The van der Waals surface area contributed by atoms with E-state index in [1.165, 1.54) is 17.5 Å². The fourth-order valence-electron chi connectivity index (χ4n) is 1.13. The SMILES string of the molecule is C=CSNC(C)(C)c1cccc(Br)c1. The van der Waals surface area contributed by atoms with Crippen LogP contribution in [0.5, 0.6) is 0 Å². The first-order valence-corrected chi connectivity index (χ1v) is 6.03. The molecule has 0 bridgehead atoms. The molecular weight excluding hydrogens is 258 g/mol. The molecule has 1 aromatic rings. The monoisotopic (exact) mass is 271 g/mol. The molecule has 0 atom stereocenters. The van der Waals surface area contributed by atoms with Gasteiger partial charge in [0.2, 0.25) is 0 Å². The zero-order chi connectivity index (χ0) is 10.6. The number of hydrogen-bond donors (Lipinski definition) is 1. The van der Waals surface area contributed by atoms with Crippen LogP contribution >= 0.6 is 27.9 Å². The summed E-state index contributed by atoms with van der Waals surface area (Å²) in [6, 6.07) is 8.31. The number of rotatable bonds is 4. The summed E-state index contributed by atoms with van der Waals surface area (Å²) in [5.74, 6) is 0. The van der Waals surface area contributed by atoms with Gasteiger partial charge in [-0.25, -0.2) is 0 Å². The minimum absolute atomic E-state index is 0.0529. The average molecular weight is 272 g/mol. The number of halogens is 1. The minimum atomic E-state index is -0.0529. The van der Waals surface area contributed by atoms with Crippen molar-refractivity contribution < 1.29 is 0 Å².